The number of nitrogens with one attached hydrogen (secondary N) is 1. The standard InChI is InChI=1S/C27H30F3N3O4/c1-5-6-9-37-24-22-26(36)32-14-21(27(3,4)8-7-15(32)2)33(22)13-18(23(24)34)25(35)31-12-17-19(29)10-16(28)11-20(17)30/h7-8,10-11,13,15,21H,5-6,9,12,14H2,1-4H3,(H,31,35)/t15-,21+/m0/s1. The third-order valence-corrected chi connectivity index (χ3v) is 7.04. The van der Waals surface area contributed by atoms with Crippen LogP contribution in [0.5, 0.6) is 5.75 Å². The van der Waals surface area contributed by atoms with E-state index in [1.54, 1.807) is 9.47 Å². The van der Waals surface area contributed by atoms with Crippen LogP contribution in [0.1, 0.15) is 73.0 Å². The molecule has 7 nitrogen and oxygen atoms in total. The van der Waals surface area contributed by atoms with Gasteiger partial charge >= 0.3 is 0 Å². The van der Waals surface area contributed by atoms with Gasteiger partial charge in [-0.25, -0.2) is 13.2 Å². The van der Waals surface area contributed by atoms with Gasteiger partial charge in [0.15, 0.2) is 11.4 Å². The molecule has 0 unspecified atom stereocenters. The number of hydrogen-bond acceptors (Lipinski definition) is 4. The lowest BCUT2D eigenvalue weighted by Crippen LogP contribution is -2.50. The Kier molecular flexibility index (Phi) is 7.21. The quantitative estimate of drug-likeness (QED) is 0.437. The number of fused-ring (bicyclic) bond motifs is 4. The van der Waals surface area contributed by atoms with Gasteiger partial charge in [-0.15, -0.1) is 0 Å². The molecule has 3 heterocycles. The van der Waals surface area contributed by atoms with Gasteiger partial charge < -0.3 is 19.5 Å². The summed E-state index contributed by atoms with van der Waals surface area (Å²) in [6.45, 7) is 7.77. The van der Waals surface area contributed by atoms with Crippen molar-refractivity contribution in [3.8, 4) is 5.75 Å². The molecule has 0 spiro atoms. The molecule has 37 heavy (non-hydrogen) atoms. The molecule has 0 fully saturated rings. The molecule has 2 aliphatic heterocycles. The lowest BCUT2D eigenvalue weighted by Gasteiger charge is -2.42. The van der Waals surface area contributed by atoms with Crippen LogP contribution in [0.15, 0.2) is 35.3 Å². The number of halogens is 3. The van der Waals surface area contributed by atoms with Crippen molar-refractivity contribution in [2.75, 3.05) is 13.2 Å². The molecular formula is C27H30F3N3O4. The fraction of sp³-hybridized carbons (Fsp3) is 0.444. The van der Waals surface area contributed by atoms with Crippen molar-refractivity contribution >= 4 is 11.8 Å². The topological polar surface area (TPSA) is 80.6 Å². The van der Waals surface area contributed by atoms with Gasteiger partial charge in [0.05, 0.1) is 12.6 Å². The fourth-order valence-corrected chi connectivity index (χ4v) is 4.72. The van der Waals surface area contributed by atoms with E-state index in [1.165, 1.54) is 6.20 Å². The number of allylic oxidation sites excluding steroid dienone is 1. The first kappa shape index (κ1) is 26.5. The first-order chi connectivity index (χ1) is 17.5. The first-order valence-electron chi connectivity index (χ1n) is 12.3. The van der Waals surface area contributed by atoms with Crippen LogP contribution < -0.4 is 15.5 Å². The van der Waals surface area contributed by atoms with E-state index >= 15 is 0 Å². The van der Waals surface area contributed by atoms with E-state index in [4.69, 9.17) is 4.74 Å². The van der Waals surface area contributed by atoms with E-state index in [9.17, 15) is 27.6 Å². The predicted octanol–water partition coefficient (Wildman–Crippen LogP) is 4.36. The molecule has 0 radical (unpaired) electrons. The normalized spacial score (nSPS) is 19.9. The monoisotopic (exact) mass is 517 g/mol. The lowest BCUT2D eigenvalue weighted by molar-refractivity contribution is 0.0571. The van der Waals surface area contributed by atoms with Gasteiger partial charge in [-0.1, -0.05) is 39.3 Å². The molecule has 0 saturated heterocycles. The van der Waals surface area contributed by atoms with Crippen molar-refractivity contribution in [2.24, 2.45) is 5.41 Å². The van der Waals surface area contributed by atoms with E-state index in [2.05, 4.69) is 5.32 Å². The number of amides is 2. The molecule has 2 amide bonds. The molecule has 1 aromatic heterocycles. The van der Waals surface area contributed by atoms with Crippen LogP contribution in [0.25, 0.3) is 0 Å². The van der Waals surface area contributed by atoms with Gasteiger partial charge in [-0.3, -0.25) is 14.4 Å². The number of benzene rings is 1. The molecule has 0 aliphatic carbocycles. The van der Waals surface area contributed by atoms with Crippen molar-refractivity contribution in [1.82, 2.24) is 14.8 Å². The van der Waals surface area contributed by atoms with Crippen molar-refractivity contribution in [3.63, 3.8) is 0 Å². The van der Waals surface area contributed by atoms with Crippen LogP contribution in [0.4, 0.5) is 13.2 Å². The number of rotatable bonds is 7. The van der Waals surface area contributed by atoms with Crippen LogP contribution in [0.3, 0.4) is 0 Å². The second-order valence-corrected chi connectivity index (χ2v) is 10.1. The molecule has 1 aromatic carbocycles. The first-order valence-corrected chi connectivity index (χ1v) is 12.3. The maximum atomic E-state index is 14.1. The van der Waals surface area contributed by atoms with Crippen LogP contribution in [0.2, 0.25) is 0 Å². The van der Waals surface area contributed by atoms with E-state index in [0.717, 1.165) is 6.42 Å². The molecule has 2 atom stereocenters. The Morgan fingerprint density at radius 2 is 1.86 bits per heavy atom. The van der Waals surface area contributed by atoms with E-state index in [1.807, 2.05) is 39.8 Å². The highest BCUT2D eigenvalue weighted by Gasteiger charge is 2.44. The van der Waals surface area contributed by atoms with E-state index in [0.29, 0.717) is 25.1 Å². The number of pyridine rings is 1. The molecule has 198 valence electrons. The minimum absolute atomic E-state index is 0.0770. The summed E-state index contributed by atoms with van der Waals surface area (Å²) in [5.41, 5.74) is -2.01. The smallest absolute Gasteiger partial charge is 0.275 e. The van der Waals surface area contributed by atoms with Crippen LogP contribution in [-0.4, -0.2) is 40.5 Å². The molecule has 1 N–H and O–H groups in total. The largest absolute Gasteiger partial charge is 0.487 e. The molecule has 2 aromatic rings. The Hall–Kier alpha value is -3.56. The third kappa shape index (κ3) is 4.89. The van der Waals surface area contributed by atoms with Crippen molar-refractivity contribution in [3.05, 3.63) is 75.0 Å². The number of hydrogen-bond donors (Lipinski definition) is 1. The molecular weight excluding hydrogens is 487 g/mol. The number of aromatic nitrogens is 1. The van der Waals surface area contributed by atoms with Gasteiger partial charge in [0.1, 0.15) is 23.0 Å². The summed E-state index contributed by atoms with van der Waals surface area (Å²) in [6, 6.07) is 0.512. The van der Waals surface area contributed by atoms with E-state index < -0.39 is 46.3 Å². The minimum Gasteiger partial charge on any atom is -0.487 e. The number of unbranched alkanes of at least 4 members (excludes halogenated alkanes) is 1. The van der Waals surface area contributed by atoms with Crippen LogP contribution in [0, 0.1) is 22.9 Å². The Morgan fingerprint density at radius 3 is 2.51 bits per heavy atom. The number of carbonyl (C=O) groups excluding carboxylic acids is 2. The zero-order valence-corrected chi connectivity index (χ0v) is 21.2. The summed E-state index contributed by atoms with van der Waals surface area (Å²) in [7, 11) is 0. The fourth-order valence-electron chi connectivity index (χ4n) is 4.72. The van der Waals surface area contributed by atoms with E-state index in [-0.39, 0.29) is 41.6 Å². The maximum Gasteiger partial charge on any atom is 0.275 e. The van der Waals surface area contributed by atoms with Crippen LogP contribution in [-0.2, 0) is 6.54 Å². The Morgan fingerprint density at radius 1 is 1.19 bits per heavy atom. The average molecular weight is 518 g/mol. The average Bonchev–Trinajstić information content (AvgIpc) is 2.92. The van der Waals surface area contributed by atoms with Crippen LogP contribution >= 0.6 is 0 Å². The number of carbonyl (C=O) groups is 2. The highest BCUT2D eigenvalue weighted by Crippen LogP contribution is 2.41. The highest BCUT2D eigenvalue weighted by molar-refractivity contribution is 5.99. The SMILES string of the molecule is CCCCOc1c2n(cc(C(=O)NCc3c(F)cc(F)cc3F)c1=O)[C@@H]1CN(C2=O)[C@@H](C)C=CC1(C)C. The zero-order chi connectivity index (χ0) is 27.1. The minimum atomic E-state index is -1.16. The third-order valence-electron chi connectivity index (χ3n) is 7.04. The van der Waals surface area contributed by atoms with Crippen molar-refractivity contribution < 1.29 is 27.5 Å². The van der Waals surface area contributed by atoms with Gasteiger partial charge in [0.25, 0.3) is 11.8 Å². The second-order valence-electron chi connectivity index (χ2n) is 10.1. The molecule has 0 saturated carbocycles. The highest BCUT2D eigenvalue weighted by atomic mass is 19.1. The number of nitrogens with zero attached hydrogens (tertiary/aromatic N) is 2. The molecule has 2 bridgehead atoms. The van der Waals surface area contributed by atoms with Gasteiger partial charge in [0.2, 0.25) is 5.43 Å². The lowest BCUT2D eigenvalue weighted by atomic mass is 9.83. The maximum absolute atomic E-state index is 14.1. The summed E-state index contributed by atoms with van der Waals surface area (Å²) in [6.07, 6.45) is 6.70. The Labute approximate surface area is 212 Å². The Balaban J connectivity index is 1.79. The summed E-state index contributed by atoms with van der Waals surface area (Å²) in [5.74, 6) is -4.89. The van der Waals surface area contributed by atoms with Gasteiger partial charge in [-0.2, -0.15) is 0 Å². The number of ether oxygens (including phenoxy) is 1. The predicted molar refractivity (Wildman–Crippen MR) is 131 cm³/mol. The zero-order valence-electron chi connectivity index (χ0n) is 21.2. The summed E-state index contributed by atoms with van der Waals surface area (Å²) < 4.78 is 48.8. The molecule has 4 rings (SSSR count). The Bertz CT molecular complexity index is 1310. The van der Waals surface area contributed by atoms with Crippen molar-refractivity contribution in [2.45, 2.75) is 59.2 Å². The molecule has 10 heteroatoms. The summed E-state index contributed by atoms with van der Waals surface area (Å²) in [4.78, 5) is 41.8. The van der Waals surface area contributed by atoms with Gasteiger partial charge in [-0.05, 0) is 13.3 Å². The van der Waals surface area contributed by atoms with Crippen molar-refractivity contribution in [1.29, 1.82) is 0 Å². The summed E-state index contributed by atoms with van der Waals surface area (Å²) in [5, 5.41) is 2.35. The van der Waals surface area contributed by atoms with Gasteiger partial charge in [0, 0.05) is 48.4 Å². The summed E-state index contributed by atoms with van der Waals surface area (Å²) >= 11 is 0. The second kappa shape index (κ2) is 10.1. The molecule has 2 aliphatic rings.